The van der Waals surface area contributed by atoms with E-state index in [1.54, 1.807) is 22.2 Å². The first-order valence-corrected chi connectivity index (χ1v) is 8.46. The van der Waals surface area contributed by atoms with Gasteiger partial charge in [0.15, 0.2) is 5.78 Å². The van der Waals surface area contributed by atoms with Crippen LogP contribution in [0.4, 0.5) is 0 Å². The fourth-order valence-corrected chi connectivity index (χ4v) is 3.97. The first-order chi connectivity index (χ1) is 11.1. The monoisotopic (exact) mass is 324 g/mol. The van der Waals surface area contributed by atoms with E-state index in [9.17, 15) is 4.79 Å². The summed E-state index contributed by atoms with van der Waals surface area (Å²) in [6.45, 7) is 3.88. The molecule has 0 unspecified atom stereocenters. The van der Waals surface area contributed by atoms with Crippen molar-refractivity contribution in [1.29, 1.82) is 0 Å². The van der Waals surface area contributed by atoms with Gasteiger partial charge in [0, 0.05) is 28.6 Å². The van der Waals surface area contributed by atoms with Crippen molar-refractivity contribution >= 4 is 17.1 Å². The fourth-order valence-electron chi connectivity index (χ4n) is 3.14. The molecule has 0 N–H and O–H groups in total. The summed E-state index contributed by atoms with van der Waals surface area (Å²) < 4.78 is 1.73. The molecule has 0 bridgehead atoms. The van der Waals surface area contributed by atoms with Crippen molar-refractivity contribution in [2.75, 3.05) is 0 Å². The topological polar surface area (TPSA) is 60.7 Å². The minimum atomic E-state index is 0.153. The van der Waals surface area contributed by atoms with Gasteiger partial charge in [-0.25, -0.2) is 14.6 Å². The number of ketones is 1. The summed E-state index contributed by atoms with van der Waals surface area (Å²) in [4.78, 5) is 22.7. The Hall–Kier alpha value is -2.34. The molecule has 0 radical (unpaired) electrons. The predicted molar refractivity (Wildman–Crippen MR) is 88.3 cm³/mol. The average Bonchev–Trinajstić information content (AvgIpc) is 3.15. The molecule has 0 saturated heterocycles. The molecule has 3 heterocycles. The maximum absolute atomic E-state index is 12.5. The molecule has 116 valence electrons. The van der Waals surface area contributed by atoms with Gasteiger partial charge in [-0.1, -0.05) is 6.07 Å². The third-order valence-electron chi connectivity index (χ3n) is 4.15. The molecule has 5 nitrogen and oxygen atoms in total. The maximum Gasteiger partial charge on any atom is 0.251 e. The van der Waals surface area contributed by atoms with Crippen LogP contribution in [-0.2, 0) is 6.42 Å². The molecule has 0 aliphatic heterocycles. The highest BCUT2D eigenvalue weighted by Crippen LogP contribution is 2.35. The van der Waals surface area contributed by atoms with E-state index in [1.807, 2.05) is 26.0 Å². The molecule has 0 spiro atoms. The number of hydrogen-bond donors (Lipinski definition) is 0. The van der Waals surface area contributed by atoms with Crippen LogP contribution in [0.2, 0.25) is 0 Å². The minimum absolute atomic E-state index is 0.153. The SMILES string of the molecule is Cc1cc(C)nc(-n2ncc3c2C[C@H](c2cccs2)CC3=O)n1. The summed E-state index contributed by atoms with van der Waals surface area (Å²) in [5.41, 5.74) is 3.42. The number of aryl methyl sites for hydroxylation is 2. The summed E-state index contributed by atoms with van der Waals surface area (Å²) >= 11 is 1.70. The lowest BCUT2D eigenvalue weighted by Gasteiger charge is -2.21. The van der Waals surface area contributed by atoms with Gasteiger partial charge < -0.3 is 0 Å². The quantitative estimate of drug-likeness (QED) is 0.726. The molecular weight excluding hydrogens is 308 g/mol. The van der Waals surface area contributed by atoms with E-state index >= 15 is 0 Å². The molecular formula is C17H16N4OS. The van der Waals surface area contributed by atoms with Gasteiger partial charge in [0.25, 0.3) is 5.95 Å². The van der Waals surface area contributed by atoms with E-state index in [0.717, 1.165) is 23.5 Å². The number of hydrogen-bond acceptors (Lipinski definition) is 5. The van der Waals surface area contributed by atoms with Crippen LogP contribution in [0.25, 0.3) is 5.95 Å². The smallest absolute Gasteiger partial charge is 0.251 e. The van der Waals surface area contributed by atoms with Gasteiger partial charge in [-0.15, -0.1) is 11.3 Å². The van der Waals surface area contributed by atoms with E-state index in [4.69, 9.17) is 0 Å². The summed E-state index contributed by atoms with van der Waals surface area (Å²) in [6.07, 6.45) is 2.99. The van der Waals surface area contributed by atoms with Crippen LogP contribution in [0.3, 0.4) is 0 Å². The van der Waals surface area contributed by atoms with E-state index in [2.05, 4.69) is 26.5 Å². The Morgan fingerprint density at radius 1 is 1.22 bits per heavy atom. The lowest BCUT2D eigenvalue weighted by molar-refractivity contribution is 0.0964. The molecule has 1 aliphatic carbocycles. The second kappa shape index (κ2) is 5.38. The Morgan fingerprint density at radius 2 is 2.00 bits per heavy atom. The Labute approximate surface area is 138 Å². The summed E-state index contributed by atoms with van der Waals surface area (Å²) in [7, 11) is 0. The molecule has 0 aromatic carbocycles. The van der Waals surface area contributed by atoms with Crippen LogP contribution in [-0.4, -0.2) is 25.5 Å². The van der Waals surface area contributed by atoms with Crippen LogP contribution < -0.4 is 0 Å². The normalized spacial score (nSPS) is 17.3. The van der Waals surface area contributed by atoms with E-state index < -0.39 is 0 Å². The Bertz CT molecular complexity index is 862. The molecule has 1 atom stereocenters. The van der Waals surface area contributed by atoms with Crippen LogP contribution in [0.15, 0.2) is 29.8 Å². The predicted octanol–water partition coefficient (Wildman–Crippen LogP) is 3.25. The van der Waals surface area contributed by atoms with Gasteiger partial charge in [0.1, 0.15) is 0 Å². The van der Waals surface area contributed by atoms with E-state index in [1.165, 1.54) is 4.88 Å². The van der Waals surface area contributed by atoms with Gasteiger partial charge in [-0.2, -0.15) is 5.10 Å². The van der Waals surface area contributed by atoms with E-state index in [-0.39, 0.29) is 11.7 Å². The molecule has 0 amide bonds. The number of aromatic nitrogens is 4. The summed E-state index contributed by atoms with van der Waals surface area (Å²) in [6, 6.07) is 6.06. The second-order valence-electron chi connectivity index (χ2n) is 5.91. The van der Waals surface area contributed by atoms with Crippen molar-refractivity contribution < 1.29 is 4.79 Å². The molecule has 3 aromatic heterocycles. The van der Waals surface area contributed by atoms with Crippen molar-refractivity contribution in [3.05, 3.63) is 57.3 Å². The molecule has 3 aromatic rings. The largest absolute Gasteiger partial charge is 0.294 e. The van der Waals surface area contributed by atoms with Crippen molar-refractivity contribution in [2.24, 2.45) is 0 Å². The van der Waals surface area contributed by atoms with Crippen LogP contribution in [0.1, 0.15) is 44.7 Å². The molecule has 0 saturated carbocycles. The van der Waals surface area contributed by atoms with Crippen molar-refractivity contribution in [2.45, 2.75) is 32.6 Å². The summed E-state index contributed by atoms with van der Waals surface area (Å²) in [5.74, 6) is 0.917. The molecule has 1 aliphatic rings. The Morgan fingerprint density at radius 3 is 2.70 bits per heavy atom. The molecule has 4 rings (SSSR count). The molecule has 0 fully saturated rings. The number of thiophene rings is 1. The third-order valence-corrected chi connectivity index (χ3v) is 5.18. The van der Waals surface area contributed by atoms with Crippen molar-refractivity contribution in [1.82, 2.24) is 19.7 Å². The number of Topliss-reactive ketones (excluding diaryl/α,β-unsaturated/α-hetero) is 1. The van der Waals surface area contributed by atoms with Gasteiger partial charge >= 0.3 is 0 Å². The van der Waals surface area contributed by atoms with Crippen LogP contribution >= 0.6 is 11.3 Å². The number of rotatable bonds is 2. The maximum atomic E-state index is 12.5. The highest BCUT2D eigenvalue weighted by atomic mass is 32.1. The standard InChI is InChI=1S/C17H16N4OS/c1-10-6-11(2)20-17(19-10)21-14-7-12(16-4-3-5-23-16)8-15(22)13(14)9-18-21/h3-6,9,12H,7-8H2,1-2H3/t12-/m0/s1. The number of nitrogens with zero attached hydrogens (tertiary/aromatic N) is 4. The lowest BCUT2D eigenvalue weighted by Crippen LogP contribution is -2.20. The zero-order chi connectivity index (χ0) is 16.0. The van der Waals surface area contributed by atoms with Gasteiger partial charge in [0.05, 0.1) is 17.5 Å². The lowest BCUT2D eigenvalue weighted by atomic mass is 9.86. The van der Waals surface area contributed by atoms with Gasteiger partial charge in [-0.05, 0) is 37.8 Å². The highest BCUT2D eigenvalue weighted by molar-refractivity contribution is 7.10. The summed E-state index contributed by atoms with van der Waals surface area (Å²) in [5, 5.41) is 6.45. The van der Waals surface area contributed by atoms with Gasteiger partial charge in [-0.3, -0.25) is 4.79 Å². The molecule has 6 heteroatoms. The average molecular weight is 324 g/mol. The first-order valence-electron chi connectivity index (χ1n) is 7.58. The van der Waals surface area contributed by atoms with Crippen molar-refractivity contribution in [3.8, 4) is 5.95 Å². The minimum Gasteiger partial charge on any atom is -0.294 e. The number of fused-ring (bicyclic) bond motifs is 1. The highest BCUT2D eigenvalue weighted by Gasteiger charge is 2.31. The van der Waals surface area contributed by atoms with E-state index in [0.29, 0.717) is 17.9 Å². The zero-order valence-corrected chi connectivity index (χ0v) is 13.8. The Balaban J connectivity index is 1.79. The molecule has 23 heavy (non-hydrogen) atoms. The third kappa shape index (κ3) is 2.49. The Kier molecular flexibility index (Phi) is 3.34. The van der Waals surface area contributed by atoms with Crippen LogP contribution in [0, 0.1) is 13.8 Å². The number of carbonyl (C=O) groups excluding carboxylic acids is 1. The van der Waals surface area contributed by atoms with Crippen LogP contribution in [0.5, 0.6) is 0 Å². The zero-order valence-electron chi connectivity index (χ0n) is 13.0. The first kappa shape index (κ1) is 14.3. The fraction of sp³-hybridized carbons (Fsp3) is 0.294. The van der Waals surface area contributed by atoms with Gasteiger partial charge in [0.2, 0.25) is 0 Å². The second-order valence-corrected chi connectivity index (χ2v) is 6.89. The number of carbonyl (C=O) groups is 1. The van der Waals surface area contributed by atoms with Crippen molar-refractivity contribution in [3.63, 3.8) is 0 Å².